The third kappa shape index (κ3) is 4.15. The Bertz CT molecular complexity index is 1470. The Kier molecular flexibility index (Phi) is 5.84. The van der Waals surface area contributed by atoms with Crippen molar-refractivity contribution >= 4 is 33.7 Å². The van der Waals surface area contributed by atoms with Crippen LogP contribution in [0.15, 0.2) is 64.3 Å². The lowest BCUT2D eigenvalue weighted by atomic mass is 10.0. The number of hydrogen-bond acceptors (Lipinski definition) is 6. The number of rotatable bonds is 7. The average Bonchev–Trinajstić information content (AvgIpc) is 3.19. The van der Waals surface area contributed by atoms with Crippen molar-refractivity contribution in [2.75, 3.05) is 0 Å². The number of fused-ring (bicyclic) bond motifs is 2. The summed E-state index contributed by atoms with van der Waals surface area (Å²) in [6.45, 7) is 1.18. The molecule has 0 saturated heterocycles. The number of benzene rings is 2. The third-order valence-electron chi connectivity index (χ3n) is 5.57. The summed E-state index contributed by atoms with van der Waals surface area (Å²) in [6.07, 6.45) is 0.117. The standard InChI is InChI=1S/C23H22N4O6/c1-12(28)19(22(31)32)26-20(29)18(10-13-11-24-16-8-4-2-6-14(13)16)27-21(30)15-7-3-5-9-17(15)25-23(27)33/h2-9,11-12,18-19,24,28H,10H2,1H3,(H,25,33)(H,26,29)(H,31,32)/p-1/t12-,18-,19-/m0/s1. The van der Waals surface area contributed by atoms with Gasteiger partial charge in [0.05, 0.1) is 29.0 Å². The number of nitrogens with zero attached hydrogens (tertiary/aromatic N) is 1. The molecular weight excluding hydrogens is 428 g/mol. The fraction of sp³-hybridized carbons (Fsp3) is 0.217. The highest BCUT2D eigenvalue weighted by molar-refractivity contribution is 5.88. The van der Waals surface area contributed by atoms with Gasteiger partial charge in [-0.3, -0.25) is 9.59 Å². The molecule has 0 fully saturated rings. The number of aliphatic hydroxyl groups is 1. The molecule has 1 amide bonds. The molecule has 4 aromatic rings. The number of carbonyl (C=O) groups is 2. The van der Waals surface area contributed by atoms with Crippen LogP contribution in [0.5, 0.6) is 0 Å². The molecule has 170 valence electrons. The summed E-state index contributed by atoms with van der Waals surface area (Å²) < 4.78 is 0.772. The van der Waals surface area contributed by atoms with Crippen molar-refractivity contribution in [1.82, 2.24) is 19.9 Å². The molecule has 0 spiro atoms. The molecule has 33 heavy (non-hydrogen) atoms. The van der Waals surface area contributed by atoms with Gasteiger partial charge < -0.3 is 30.3 Å². The number of carbonyl (C=O) groups excluding carboxylic acids is 2. The van der Waals surface area contributed by atoms with E-state index in [-0.39, 0.29) is 11.8 Å². The van der Waals surface area contributed by atoms with Crippen molar-refractivity contribution in [3.8, 4) is 0 Å². The summed E-state index contributed by atoms with van der Waals surface area (Å²) in [5.41, 5.74) is 0.235. The number of carboxylic acids is 1. The Balaban J connectivity index is 1.85. The van der Waals surface area contributed by atoms with Crippen molar-refractivity contribution in [2.45, 2.75) is 31.5 Å². The van der Waals surface area contributed by atoms with Crippen molar-refractivity contribution in [3.63, 3.8) is 0 Å². The van der Waals surface area contributed by atoms with Crippen LogP contribution in [-0.4, -0.2) is 43.7 Å². The van der Waals surface area contributed by atoms with E-state index in [2.05, 4.69) is 15.3 Å². The van der Waals surface area contributed by atoms with E-state index in [1.165, 1.54) is 13.0 Å². The Morgan fingerprint density at radius 1 is 1.06 bits per heavy atom. The normalized spacial score (nSPS) is 14.1. The van der Waals surface area contributed by atoms with Crippen LogP contribution in [-0.2, 0) is 16.0 Å². The molecule has 0 radical (unpaired) electrons. The zero-order valence-electron chi connectivity index (χ0n) is 17.6. The number of carboxylic acid groups (broad SMARTS) is 1. The molecule has 10 nitrogen and oxygen atoms in total. The van der Waals surface area contributed by atoms with E-state index in [9.17, 15) is 29.4 Å². The van der Waals surface area contributed by atoms with Crippen molar-refractivity contribution in [2.24, 2.45) is 0 Å². The highest BCUT2D eigenvalue weighted by Gasteiger charge is 2.29. The van der Waals surface area contributed by atoms with Gasteiger partial charge >= 0.3 is 5.69 Å². The summed E-state index contributed by atoms with van der Waals surface area (Å²) in [7, 11) is 0. The minimum atomic E-state index is -1.72. The molecular formula is C23H21N4O6-. The fourth-order valence-corrected chi connectivity index (χ4v) is 3.90. The smallest absolute Gasteiger partial charge is 0.329 e. The minimum Gasteiger partial charge on any atom is -0.548 e. The number of nitrogens with one attached hydrogen (secondary N) is 3. The molecule has 2 heterocycles. The van der Waals surface area contributed by atoms with Crippen LogP contribution >= 0.6 is 0 Å². The van der Waals surface area contributed by atoms with E-state index < -0.39 is 41.3 Å². The zero-order valence-corrected chi connectivity index (χ0v) is 17.6. The number of para-hydroxylation sites is 2. The molecule has 0 saturated carbocycles. The van der Waals surface area contributed by atoms with Crippen LogP contribution in [0.4, 0.5) is 0 Å². The van der Waals surface area contributed by atoms with Crippen molar-refractivity contribution in [3.05, 3.63) is 81.1 Å². The first-order valence-corrected chi connectivity index (χ1v) is 10.3. The zero-order chi connectivity index (χ0) is 23.7. The second-order valence-corrected chi connectivity index (χ2v) is 7.78. The topological polar surface area (TPSA) is 160 Å². The van der Waals surface area contributed by atoms with Crippen molar-refractivity contribution in [1.29, 1.82) is 0 Å². The predicted molar refractivity (Wildman–Crippen MR) is 118 cm³/mol. The molecule has 3 atom stereocenters. The first kappa shape index (κ1) is 22.0. The van der Waals surface area contributed by atoms with E-state index in [1.807, 2.05) is 24.3 Å². The highest BCUT2D eigenvalue weighted by atomic mass is 16.4. The van der Waals surface area contributed by atoms with Gasteiger partial charge in [0.2, 0.25) is 5.91 Å². The Morgan fingerprint density at radius 3 is 2.36 bits per heavy atom. The molecule has 0 aliphatic heterocycles. The van der Waals surface area contributed by atoms with E-state index >= 15 is 0 Å². The molecule has 2 aromatic carbocycles. The number of H-pyrrole nitrogens is 2. The van der Waals surface area contributed by atoms with Crippen LogP contribution in [0.1, 0.15) is 18.5 Å². The van der Waals surface area contributed by atoms with E-state index in [4.69, 9.17) is 0 Å². The quantitative estimate of drug-likeness (QED) is 0.299. The molecule has 0 aliphatic carbocycles. The molecule has 2 aromatic heterocycles. The number of aliphatic carboxylic acids is 1. The SMILES string of the molecule is C[C@H](O)[C@H](NC(=O)[C@H](Cc1c[nH]c2ccccc12)n1c(=O)[nH]c2ccccc2c1=O)C(=O)[O-]. The van der Waals surface area contributed by atoms with E-state index in [0.29, 0.717) is 11.1 Å². The average molecular weight is 449 g/mol. The molecule has 4 N–H and O–H groups in total. The highest BCUT2D eigenvalue weighted by Crippen LogP contribution is 2.22. The van der Waals surface area contributed by atoms with Gasteiger partial charge in [0.25, 0.3) is 5.56 Å². The van der Waals surface area contributed by atoms with E-state index in [1.54, 1.807) is 24.4 Å². The first-order chi connectivity index (χ1) is 15.8. The molecule has 4 rings (SSSR count). The fourth-order valence-electron chi connectivity index (χ4n) is 3.90. The Morgan fingerprint density at radius 2 is 1.70 bits per heavy atom. The maximum Gasteiger partial charge on any atom is 0.329 e. The maximum absolute atomic E-state index is 13.2. The second kappa shape index (κ2) is 8.75. The van der Waals surface area contributed by atoms with Gasteiger partial charge in [0, 0.05) is 23.5 Å². The van der Waals surface area contributed by atoms with Gasteiger partial charge in [-0.1, -0.05) is 30.3 Å². The van der Waals surface area contributed by atoms with E-state index in [0.717, 1.165) is 15.5 Å². The van der Waals surface area contributed by atoms with Gasteiger partial charge in [0.1, 0.15) is 6.04 Å². The first-order valence-electron chi connectivity index (χ1n) is 10.3. The van der Waals surface area contributed by atoms with Crippen molar-refractivity contribution < 1.29 is 19.8 Å². The Hall–Kier alpha value is -4.18. The van der Waals surface area contributed by atoms with Crippen LogP contribution in [0.25, 0.3) is 21.8 Å². The van der Waals surface area contributed by atoms with Gasteiger partial charge in [-0.25, -0.2) is 9.36 Å². The second-order valence-electron chi connectivity index (χ2n) is 7.78. The lowest BCUT2D eigenvalue weighted by molar-refractivity contribution is -0.310. The summed E-state index contributed by atoms with van der Waals surface area (Å²) in [6, 6.07) is 10.5. The summed E-state index contributed by atoms with van der Waals surface area (Å²) in [5, 5.41) is 24.3. The minimum absolute atomic E-state index is 0.0866. The van der Waals surface area contributed by atoms with Crippen LogP contribution < -0.4 is 21.7 Å². The van der Waals surface area contributed by atoms with Crippen LogP contribution in [0.2, 0.25) is 0 Å². The van der Waals surface area contributed by atoms with Crippen LogP contribution in [0.3, 0.4) is 0 Å². The van der Waals surface area contributed by atoms with Crippen LogP contribution in [0, 0.1) is 0 Å². The molecule has 0 aliphatic rings. The third-order valence-corrected chi connectivity index (χ3v) is 5.57. The molecule has 0 bridgehead atoms. The number of amides is 1. The maximum atomic E-state index is 13.2. The lowest BCUT2D eigenvalue weighted by Crippen LogP contribution is -2.56. The van der Waals surface area contributed by atoms with Gasteiger partial charge in [-0.05, 0) is 30.7 Å². The number of hydrogen-bond donors (Lipinski definition) is 4. The number of aromatic nitrogens is 3. The summed E-state index contributed by atoms with van der Waals surface area (Å²) in [5.74, 6) is -2.61. The predicted octanol–water partition coefficient (Wildman–Crippen LogP) is -0.430. The number of aliphatic hydroxyl groups excluding tert-OH is 1. The summed E-state index contributed by atoms with van der Waals surface area (Å²) in [4.78, 5) is 56.4. The monoisotopic (exact) mass is 449 g/mol. The Labute approximate surface area is 186 Å². The molecule has 10 heteroatoms. The number of aromatic amines is 2. The summed E-state index contributed by atoms with van der Waals surface area (Å²) >= 11 is 0. The van der Waals surface area contributed by atoms with Gasteiger partial charge in [-0.15, -0.1) is 0 Å². The molecule has 0 unspecified atom stereocenters. The van der Waals surface area contributed by atoms with Gasteiger partial charge in [0.15, 0.2) is 0 Å². The van der Waals surface area contributed by atoms with Gasteiger partial charge in [-0.2, -0.15) is 0 Å². The largest absolute Gasteiger partial charge is 0.548 e. The lowest BCUT2D eigenvalue weighted by Gasteiger charge is -2.26.